The van der Waals surface area contributed by atoms with Crippen LogP contribution in [0.2, 0.25) is 0 Å². The summed E-state index contributed by atoms with van der Waals surface area (Å²) in [7, 11) is 0. The predicted octanol–water partition coefficient (Wildman–Crippen LogP) is 2.59. The maximum Gasteiger partial charge on any atom is 0.0669 e. The van der Waals surface area contributed by atoms with Crippen molar-refractivity contribution in [1.82, 2.24) is 0 Å². The molecule has 16 heavy (non-hydrogen) atoms. The van der Waals surface area contributed by atoms with Gasteiger partial charge in [-0.3, -0.25) is 0 Å². The lowest BCUT2D eigenvalue weighted by molar-refractivity contribution is 0.141. The smallest absolute Gasteiger partial charge is 0.0669 e. The highest BCUT2D eigenvalue weighted by molar-refractivity contribution is 5.45. The molecular weight excluding hydrogens is 200 g/mol. The first-order chi connectivity index (χ1) is 7.76. The third kappa shape index (κ3) is 4.33. The normalized spacial score (nSPS) is 11.8. The second kappa shape index (κ2) is 6.86. The molecule has 0 radical (unpaired) electrons. The maximum absolute atomic E-state index is 8.55. The zero-order chi connectivity index (χ0) is 11.8. The Balaban J connectivity index is 2.45. The predicted molar refractivity (Wildman–Crippen MR) is 65.3 cm³/mol. The molecule has 0 aromatic heterocycles. The van der Waals surface area contributed by atoms with Gasteiger partial charge in [-0.2, -0.15) is 5.26 Å². The van der Waals surface area contributed by atoms with Crippen molar-refractivity contribution in [3.05, 3.63) is 29.8 Å². The molecule has 3 nitrogen and oxygen atoms in total. The molecule has 0 bridgehead atoms. The zero-order valence-electron chi connectivity index (χ0n) is 9.86. The molecule has 0 saturated heterocycles. The Morgan fingerprint density at radius 3 is 2.62 bits per heavy atom. The number of nitrogens with zero attached hydrogens (tertiary/aromatic N) is 1. The molecule has 1 aromatic carbocycles. The summed E-state index contributed by atoms with van der Waals surface area (Å²) >= 11 is 0. The third-order valence-corrected chi connectivity index (χ3v) is 2.22. The molecule has 0 aliphatic carbocycles. The summed E-state index contributed by atoms with van der Waals surface area (Å²) in [5, 5.41) is 11.9. The number of nitrogens with one attached hydrogen (secondary N) is 1. The maximum atomic E-state index is 8.55. The van der Waals surface area contributed by atoms with Crippen LogP contribution in [0.15, 0.2) is 24.3 Å². The average Bonchev–Trinajstić information content (AvgIpc) is 2.29. The van der Waals surface area contributed by atoms with E-state index in [1.54, 1.807) is 0 Å². The van der Waals surface area contributed by atoms with E-state index in [1.165, 1.54) is 0 Å². The van der Waals surface area contributed by atoms with Gasteiger partial charge in [0.25, 0.3) is 0 Å². The molecule has 0 aliphatic rings. The van der Waals surface area contributed by atoms with Crippen molar-refractivity contribution in [2.24, 2.45) is 0 Å². The molecule has 0 heterocycles. The van der Waals surface area contributed by atoms with Gasteiger partial charge in [0.1, 0.15) is 0 Å². The number of benzene rings is 1. The van der Waals surface area contributed by atoms with Crippen molar-refractivity contribution < 1.29 is 4.74 Å². The summed E-state index contributed by atoms with van der Waals surface area (Å²) in [6.07, 6.45) is 0.467. The Morgan fingerprint density at radius 1 is 1.38 bits per heavy atom. The first-order valence-electron chi connectivity index (χ1n) is 5.56. The minimum Gasteiger partial charge on any atom is -0.380 e. The van der Waals surface area contributed by atoms with Crippen LogP contribution >= 0.6 is 0 Å². The van der Waals surface area contributed by atoms with Gasteiger partial charge < -0.3 is 10.1 Å². The van der Waals surface area contributed by atoms with Crippen LogP contribution in [-0.2, 0) is 11.2 Å². The molecule has 3 heteroatoms. The van der Waals surface area contributed by atoms with E-state index < -0.39 is 0 Å². The van der Waals surface area contributed by atoms with E-state index in [2.05, 4.69) is 18.3 Å². The van der Waals surface area contributed by atoms with Crippen LogP contribution < -0.4 is 5.32 Å². The van der Waals surface area contributed by atoms with Gasteiger partial charge in [-0.05, 0) is 31.5 Å². The number of hydrogen-bond acceptors (Lipinski definition) is 3. The van der Waals surface area contributed by atoms with Crippen LogP contribution in [-0.4, -0.2) is 19.3 Å². The Kier molecular flexibility index (Phi) is 5.38. The molecule has 1 aromatic rings. The van der Waals surface area contributed by atoms with Crippen molar-refractivity contribution in [2.75, 3.05) is 18.5 Å². The lowest BCUT2D eigenvalue weighted by Gasteiger charge is -2.15. The van der Waals surface area contributed by atoms with Gasteiger partial charge in [-0.1, -0.05) is 12.1 Å². The van der Waals surface area contributed by atoms with Crippen LogP contribution in [0, 0.1) is 11.3 Å². The second-order valence-electron chi connectivity index (χ2n) is 3.74. The molecule has 0 spiro atoms. The average molecular weight is 218 g/mol. The molecule has 86 valence electrons. The third-order valence-electron chi connectivity index (χ3n) is 2.22. The highest BCUT2D eigenvalue weighted by Gasteiger charge is 2.01. The van der Waals surface area contributed by atoms with Crippen molar-refractivity contribution >= 4 is 5.69 Å². The quantitative estimate of drug-likeness (QED) is 0.798. The number of anilines is 1. The van der Waals surface area contributed by atoms with E-state index in [-0.39, 0.29) is 0 Å². The van der Waals surface area contributed by atoms with E-state index in [1.807, 2.05) is 31.2 Å². The fraction of sp³-hybridized carbons (Fsp3) is 0.462. The number of hydrogen-bond donors (Lipinski definition) is 1. The van der Waals surface area contributed by atoms with Crippen LogP contribution in [0.25, 0.3) is 0 Å². The van der Waals surface area contributed by atoms with E-state index >= 15 is 0 Å². The molecule has 0 amide bonds. The summed E-state index contributed by atoms with van der Waals surface area (Å²) < 4.78 is 5.32. The summed E-state index contributed by atoms with van der Waals surface area (Å²) in [5.74, 6) is 0. The topological polar surface area (TPSA) is 45.0 Å². The lowest BCUT2D eigenvalue weighted by Crippen LogP contribution is -2.21. The Morgan fingerprint density at radius 2 is 2.06 bits per heavy atom. The summed E-state index contributed by atoms with van der Waals surface area (Å²) in [6.45, 7) is 5.52. The standard InChI is InChI=1S/C13H18N2O/c1-3-16-10-11(2)15-13-6-4-12(5-7-13)8-9-14/h4-7,11,15H,3,8,10H2,1-2H3/t11-/m1/s1. The van der Waals surface area contributed by atoms with E-state index in [9.17, 15) is 0 Å². The second-order valence-corrected chi connectivity index (χ2v) is 3.74. The van der Waals surface area contributed by atoms with Crippen LogP contribution in [0.3, 0.4) is 0 Å². The summed E-state index contributed by atoms with van der Waals surface area (Å²) in [5.41, 5.74) is 2.11. The van der Waals surface area contributed by atoms with Gasteiger partial charge in [-0.25, -0.2) is 0 Å². The molecule has 0 aliphatic heterocycles. The van der Waals surface area contributed by atoms with Crippen LogP contribution in [0.1, 0.15) is 19.4 Å². The van der Waals surface area contributed by atoms with Gasteiger partial charge in [0.2, 0.25) is 0 Å². The van der Waals surface area contributed by atoms with Gasteiger partial charge in [-0.15, -0.1) is 0 Å². The van der Waals surface area contributed by atoms with Crippen molar-refractivity contribution in [3.8, 4) is 6.07 Å². The van der Waals surface area contributed by atoms with Gasteiger partial charge in [0.05, 0.1) is 19.1 Å². The fourth-order valence-electron chi connectivity index (χ4n) is 1.43. The van der Waals surface area contributed by atoms with Gasteiger partial charge in [0, 0.05) is 18.3 Å². The van der Waals surface area contributed by atoms with Crippen LogP contribution in [0.5, 0.6) is 0 Å². The Hall–Kier alpha value is -1.53. The van der Waals surface area contributed by atoms with Crippen molar-refractivity contribution in [3.63, 3.8) is 0 Å². The molecule has 1 atom stereocenters. The monoisotopic (exact) mass is 218 g/mol. The molecule has 0 unspecified atom stereocenters. The number of ether oxygens (including phenoxy) is 1. The van der Waals surface area contributed by atoms with Gasteiger partial charge >= 0.3 is 0 Å². The lowest BCUT2D eigenvalue weighted by atomic mass is 10.1. The number of nitriles is 1. The Labute approximate surface area is 97.0 Å². The zero-order valence-corrected chi connectivity index (χ0v) is 9.86. The Bertz CT molecular complexity index is 340. The van der Waals surface area contributed by atoms with Crippen LogP contribution in [0.4, 0.5) is 5.69 Å². The molecule has 0 fully saturated rings. The number of rotatable bonds is 6. The SMILES string of the molecule is CCOC[C@@H](C)Nc1ccc(CC#N)cc1. The molecule has 1 N–H and O–H groups in total. The highest BCUT2D eigenvalue weighted by Crippen LogP contribution is 2.11. The van der Waals surface area contributed by atoms with Gasteiger partial charge in [0.15, 0.2) is 0 Å². The van der Waals surface area contributed by atoms with E-state index in [0.717, 1.165) is 17.9 Å². The minimum atomic E-state index is 0.293. The van der Waals surface area contributed by atoms with E-state index in [4.69, 9.17) is 10.00 Å². The molecule has 1 rings (SSSR count). The van der Waals surface area contributed by atoms with Crippen molar-refractivity contribution in [2.45, 2.75) is 26.3 Å². The fourth-order valence-corrected chi connectivity index (χ4v) is 1.43. The highest BCUT2D eigenvalue weighted by atomic mass is 16.5. The minimum absolute atomic E-state index is 0.293. The van der Waals surface area contributed by atoms with E-state index in [0.29, 0.717) is 19.1 Å². The summed E-state index contributed by atoms with van der Waals surface area (Å²) in [6, 6.07) is 10.4. The molecular formula is C13H18N2O. The first kappa shape index (κ1) is 12.5. The largest absolute Gasteiger partial charge is 0.380 e. The molecule has 0 saturated carbocycles. The summed E-state index contributed by atoms with van der Waals surface area (Å²) in [4.78, 5) is 0. The first-order valence-corrected chi connectivity index (χ1v) is 5.56. The van der Waals surface area contributed by atoms with Crippen molar-refractivity contribution in [1.29, 1.82) is 5.26 Å².